The van der Waals surface area contributed by atoms with E-state index in [4.69, 9.17) is 0 Å². The van der Waals surface area contributed by atoms with Gasteiger partial charge in [0.15, 0.2) is 0 Å². The quantitative estimate of drug-likeness (QED) is 0.766. The molecule has 2 unspecified atom stereocenters. The molecule has 3 nitrogen and oxygen atoms in total. The van der Waals surface area contributed by atoms with Crippen molar-refractivity contribution in [3.05, 3.63) is 0 Å². The molecule has 0 radical (unpaired) electrons. The Morgan fingerprint density at radius 2 is 2.36 bits per heavy atom. The first kappa shape index (κ1) is 11.9. The van der Waals surface area contributed by atoms with Crippen molar-refractivity contribution in [3.63, 3.8) is 0 Å². The summed E-state index contributed by atoms with van der Waals surface area (Å²) in [5, 5.41) is 9.62. The Balaban J connectivity index is 2.34. The van der Waals surface area contributed by atoms with Crippen LogP contribution in [-0.4, -0.2) is 47.1 Å². The molecule has 0 aromatic heterocycles. The number of aliphatic hydroxyl groups is 1. The van der Waals surface area contributed by atoms with Crippen molar-refractivity contribution in [1.82, 2.24) is 4.90 Å². The fraction of sp³-hybridized carbons (Fsp3) is 0.900. The average molecular weight is 217 g/mol. The molecule has 0 aliphatic carbocycles. The minimum absolute atomic E-state index is 0.185. The SMILES string of the molecule is CSCCC(=O)N1CCC(C)C(O)C1. The minimum atomic E-state index is -0.332. The van der Waals surface area contributed by atoms with Crippen LogP contribution in [-0.2, 0) is 4.79 Å². The third-order valence-electron chi connectivity index (χ3n) is 2.79. The zero-order valence-electron chi connectivity index (χ0n) is 8.90. The minimum Gasteiger partial charge on any atom is -0.391 e. The van der Waals surface area contributed by atoms with E-state index in [9.17, 15) is 9.90 Å². The standard InChI is InChI=1S/C10H19NO2S/c1-8-3-5-11(7-9(8)12)10(13)4-6-14-2/h8-9,12H,3-7H2,1-2H3. The number of carbonyl (C=O) groups is 1. The van der Waals surface area contributed by atoms with Gasteiger partial charge in [-0.2, -0.15) is 11.8 Å². The summed E-state index contributed by atoms with van der Waals surface area (Å²) >= 11 is 1.69. The number of hydrogen-bond donors (Lipinski definition) is 1. The van der Waals surface area contributed by atoms with Gasteiger partial charge in [-0.1, -0.05) is 6.92 Å². The summed E-state index contributed by atoms with van der Waals surface area (Å²) in [5.74, 6) is 1.39. The highest BCUT2D eigenvalue weighted by molar-refractivity contribution is 7.98. The van der Waals surface area contributed by atoms with Gasteiger partial charge in [0, 0.05) is 25.3 Å². The van der Waals surface area contributed by atoms with Gasteiger partial charge >= 0.3 is 0 Å². The van der Waals surface area contributed by atoms with Gasteiger partial charge in [-0.05, 0) is 18.6 Å². The Hall–Kier alpha value is -0.220. The first-order valence-electron chi connectivity index (χ1n) is 5.10. The van der Waals surface area contributed by atoms with Crippen LogP contribution in [0.4, 0.5) is 0 Å². The van der Waals surface area contributed by atoms with E-state index in [1.54, 1.807) is 16.7 Å². The van der Waals surface area contributed by atoms with Crippen molar-refractivity contribution in [2.24, 2.45) is 5.92 Å². The maximum atomic E-state index is 11.6. The maximum absolute atomic E-state index is 11.6. The van der Waals surface area contributed by atoms with Crippen LogP contribution in [0.1, 0.15) is 19.8 Å². The lowest BCUT2D eigenvalue weighted by Crippen LogP contribution is -2.45. The molecule has 0 spiro atoms. The van der Waals surface area contributed by atoms with Crippen molar-refractivity contribution < 1.29 is 9.90 Å². The highest BCUT2D eigenvalue weighted by atomic mass is 32.2. The van der Waals surface area contributed by atoms with Crippen LogP contribution < -0.4 is 0 Å². The summed E-state index contributed by atoms with van der Waals surface area (Å²) in [5.41, 5.74) is 0. The van der Waals surface area contributed by atoms with Gasteiger partial charge in [0.25, 0.3) is 0 Å². The van der Waals surface area contributed by atoms with Crippen LogP contribution in [0.15, 0.2) is 0 Å². The molecular weight excluding hydrogens is 198 g/mol. The predicted octanol–water partition coefficient (Wildman–Crippen LogP) is 0.969. The van der Waals surface area contributed by atoms with E-state index < -0.39 is 0 Å². The summed E-state index contributed by atoms with van der Waals surface area (Å²) in [6, 6.07) is 0. The molecule has 4 heteroatoms. The number of thioether (sulfide) groups is 1. The number of rotatable bonds is 3. The van der Waals surface area contributed by atoms with Crippen molar-refractivity contribution in [2.45, 2.75) is 25.9 Å². The molecule has 14 heavy (non-hydrogen) atoms. The Morgan fingerprint density at radius 3 is 2.93 bits per heavy atom. The summed E-state index contributed by atoms with van der Waals surface area (Å²) in [6.45, 7) is 3.37. The highest BCUT2D eigenvalue weighted by Gasteiger charge is 2.26. The lowest BCUT2D eigenvalue weighted by molar-refractivity contribution is -0.134. The van der Waals surface area contributed by atoms with E-state index in [0.717, 1.165) is 18.7 Å². The smallest absolute Gasteiger partial charge is 0.223 e. The molecule has 1 amide bonds. The van der Waals surface area contributed by atoms with Crippen LogP contribution >= 0.6 is 11.8 Å². The molecule has 2 atom stereocenters. The van der Waals surface area contributed by atoms with E-state index >= 15 is 0 Å². The van der Waals surface area contributed by atoms with Crippen molar-refractivity contribution >= 4 is 17.7 Å². The molecular formula is C10H19NO2S. The van der Waals surface area contributed by atoms with Crippen LogP contribution in [0.2, 0.25) is 0 Å². The van der Waals surface area contributed by atoms with Crippen molar-refractivity contribution in [1.29, 1.82) is 0 Å². The van der Waals surface area contributed by atoms with Gasteiger partial charge in [-0.25, -0.2) is 0 Å². The highest BCUT2D eigenvalue weighted by Crippen LogP contribution is 2.17. The Bertz CT molecular complexity index is 199. The van der Waals surface area contributed by atoms with Gasteiger partial charge in [-0.3, -0.25) is 4.79 Å². The largest absolute Gasteiger partial charge is 0.391 e. The lowest BCUT2D eigenvalue weighted by Gasteiger charge is -2.34. The first-order valence-corrected chi connectivity index (χ1v) is 6.49. The number of likely N-dealkylation sites (tertiary alicyclic amines) is 1. The third kappa shape index (κ3) is 3.17. The van der Waals surface area contributed by atoms with Gasteiger partial charge in [0.1, 0.15) is 0 Å². The number of carbonyl (C=O) groups excluding carboxylic acids is 1. The van der Waals surface area contributed by atoms with E-state index in [-0.39, 0.29) is 12.0 Å². The molecule has 1 aliphatic heterocycles. The summed E-state index contributed by atoms with van der Waals surface area (Å²) in [7, 11) is 0. The van der Waals surface area contributed by atoms with Gasteiger partial charge in [0.05, 0.1) is 6.10 Å². The summed E-state index contributed by atoms with van der Waals surface area (Å²) in [6.07, 6.45) is 3.19. The molecule has 0 aromatic rings. The van der Waals surface area contributed by atoms with Gasteiger partial charge < -0.3 is 10.0 Å². The number of amides is 1. The topological polar surface area (TPSA) is 40.5 Å². The molecule has 1 fully saturated rings. The van der Waals surface area contributed by atoms with E-state index in [2.05, 4.69) is 0 Å². The second kappa shape index (κ2) is 5.61. The number of aliphatic hydroxyl groups excluding tert-OH is 1. The Kier molecular flexibility index (Phi) is 4.75. The Morgan fingerprint density at radius 1 is 1.64 bits per heavy atom. The number of hydrogen-bond acceptors (Lipinski definition) is 3. The summed E-state index contributed by atoms with van der Waals surface area (Å²) < 4.78 is 0. The molecule has 1 heterocycles. The van der Waals surface area contributed by atoms with Gasteiger partial charge in [0.2, 0.25) is 5.91 Å². The molecule has 82 valence electrons. The zero-order valence-corrected chi connectivity index (χ0v) is 9.72. The van der Waals surface area contributed by atoms with Crippen LogP contribution in [0.25, 0.3) is 0 Å². The number of β-amino-alcohol motifs (C(OH)–C–C–N with tert-alkyl or cyclic N) is 1. The number of nitrogens with zero attached hydrogens (tertiary/aromatic N) is 1. The molecule has 1 aliphatic rings. The number of piperidine rings is 1. The van der Waals surface area contributed by atoms with Crippen molar-refractivity contribution in [2.75, 3.05) is 25.1 Å². The zero-order chi connectivity index (χ0) is 10.6. The van der Waals surface area contributed by atoms with E-state index in [1.165, 1.54) is 0 Å². The summed E-state index contributed by atoms with van der Waals surface area (Å²) in [4.78, 5) is 13.4. The maximum Gasteiger partial charge on any atom is 0.223 e. The third-order valence-corrected chi connectivity index (χ3v) is 3.40. The van der Waals surface area contributed by atoms with Crippen LogP contribution in [0.5, 0.6) is 0 Å². The first-order chi connectivity index (χ1) is 6.65. The molecule has 0 bridgehead atoms. The second-order valence-electron chi connectivity index (χ2n) is 3.92. The van der Waals surface area contributed by atoms with Crippen molar-refractivity contribution in [3.8, 4) is 0 Å². The fourth-order valence-electron chi connectivity index (χ4n) is 1.62. The van der Waals surface area contributed by atoms with Crippen LogP contribution in [0, 0.1) is 5.92 Å². The molecule has 1 N–H and O–H groups in total. The lowest BCUT2D eigenvalue weighted by atomic mass is 9.96. The van der Waals surface area contributed by atoms with Gasteiger partial charge in [-0.15, -0.1) is 0 Å². The van der Waals surface area contributed by atoms with E-state index in [1.807, 2.05) is 13.2 Å². The normalized spacial score (nSPS) is 27.8. The monoisotopic (exact) mass is 217 g/mol. The molecule has 1 saturated heterocycles. The fourth-order valence-corrected chi connectivity index (χ4v) is 2.00. The molecule has 1 rings (SSSR count). The Labute approximate surface area is 89.9 Å². The second-order valence-corrected chi connectivity index (χ2v) is 4.90. The molecule has 0 aromatic carbocycles. The average Bonchev–Trinajstić information content (AvgIpc) is 2.18. The molecule has 0 saturated carbocycles. The van der Waals surface area contributed by atoms with E-state index in [0.29, 0.717) is 18.9 Å². The van der Waals surface area contributed by atoms with Crippen LogP contribution in [0.3, 0.4) is 0 Å². The predicted molar refractivity (Wildman–Crippen MR) is 59.4 cm³/mol.